The maximum atomic E-state index is 14.5. The molecule has 0 unspecified atom stereocenters. The fourth-order valence-corrected chi connectivity index (χ4v) is 6.57. The van der Waals surface area contributed by atoms with Gasteiger partial charge in [-0.3, -0.25) is 13.9 Å². The number of carbonyl (C=O) groups excluding carboxylic acids is 2. The highest BCUT2D eigenvalue weighted by molar-refractivity contribution is 7.92. The van der Waals surface area contributed by atoms with E-state index < -0.39 is 40.2 Å². The molecule has 0 spiro atoms. The van der Waals surface area contributed by atoms with Crippen molar-refractivity contribution < 1.29 is 22.4 Å². The number of hydrogen-bond donors (Lipinski definition) is 1. The second-order valence-corrected chi connectivity index (χ2v) is 13.3. The van der Waals surface area contributed by atoms with Crippen molar-refractivity contribution in [2.24, 2.45) is 0 Å². The smallest absolute Gasteiger partial charge is 0.264 e. The minimum Gasteiger partial charge on any atom is -0.352 e. The number of halogens is 3. The first-order chi connectivity index (χ1) is 21.5. The third-order valence-electron chi connectivity index (χ3n) is 7.33. The lowest BCUT2D eigenvalue weighted by molar-refractivity contribution is -0.140. The van der Waals surface area contributed by atoms with E-state index in [1.807, 2.05) is 44.2 Å². The molecule has 0 saturated heterocycles. The van der Waals surface area contributed by atoms with Gasteiger partial charge >= 0.3 is 0 Å². The van der Waals surface area contributed by atoms with Crippen LogP contribution in [0.1, 0.15) is 31.4 Å². The molecule has 0 fully saturated rings. The van der Waals surface area contributed by atoms with Crippen LogP contribution in [0, 0.1) is 5.82 Å². The van der Waals surface area contributed by atoms with E-state index in [0.29, 0.717) is 12.0 Å². The number of amides is 2. The summed E-state index contributed by atoms with van der Waals surface area (Å²) in [6.07, 6.45) is 0.811. The van der Waals surface area contributed by atoms with E-state index >= 15 is 0 Å². The fourth-order valence-electron chi connectivity index (χ4n) is 4.69. The molecule has 4 aromatic carbocycles. The van der Waals surface area contributed by atoms with Crippen molar-refractivity contribution in [3.05, 3.63) is 130 Å². The van der Waals surface area contributed by atoms with E-state index in [1.54, 1.807) is 18.2 Å². The molecule has 4 rings (SSSR count). The summed E-state index contributed by atoms with van der Waals surface area (Å²) in [6.45, 7) is 3.01. The number of rotatable bonds is 13. The molecule has 7 nitrogen and oxygen atoms in total. The second-order valence-electron chi connectivity index (χ2n) is 10.6. The van der Waals surface area contributed by atoms with Crippen LogP contribution in [0.4, 0.5) is 10.1 Å². The number of sulfonamides is 1. The van der Waals surface area contributed by atoms with Crippen LogP contribution >= 0.6 is 23.2 Å². The molecule has 0 aliphatic heterocycles. The molecule has 0 aliphatic rings. The molecule has 4 aromatic rings. The minimum atomic E-state index is -4.34. The molecule has 11 heteroatoms. The van der Waals surface area contributed by atoms with E-state index in [2.05, 4.69) is 5.32 Å². The molecular formula is C34H34Cl2FN3O4S. The molecule has 0 radical (unpaired) electrons. The van der Waals surface area contributed by atoms with Gasteiger partial charge in [0.05, 0.1) is 15.6 Å². The first-order valence-corrected chi connectivity index (χ1v) is 16.6. The average molecular weight is 671 g/mol. The van der Waals surface area contributed by atoms with E-state index in [-0.39, 0.29) is 39.6 Å². The van der Waals surface area contributed by atoms with Crippen LogP contribution in [-0.4, -0.2) is 43.8 Å². The molecule has 0 bridgehead atoms. The van der Waals surface area contributed by atoms with Crippen molar-refractivity contribution in [3.63, 3.8) is 0 Å². The largest absolute Gasteiger partial charge is 0.352 e. The molecular weight excluding hydrogens is 636 g/mol. The first-order valence-electron chi connectivity index (χ1n) is 14.4. The number of hydrogen-bond acceptors (Lipinski definition) is 4. The summed E-state index contributed by atoms with van der Waals surface area (Å²) < 4.78 is 42.8. The van der Waals surface area contributed by atoms with Crippen LogP contribution in [0.25, 0.3) is 0 Å². The molecule has 0 aliphatic carbocycles. The van der Waals surface area contributed by atoms with Crippen LogP contribution in [-0.2, 0) is 32.6 Å². The monoisotopic (exact) mass is 669 g/mol. The first kappa shape index (κ1) is 34.0. The van der Waals surface area contributed by atoms with Gasteiger partial charge in [0.15, 0.2) is 0 Å². The van der Waals surface area contributed by atoms with Gasteiger partial charge < -0.3 is 10.2 Å². The Bertz CT molecular complexity index is 1710. The van der Waals surface area contributed by atoms with E-state index in [9.17, 15) is 22.4 Å². The zero-order valence-electron chi connectivity index (χ0n) is 24.9. The van der Waals surface area contributed by atoms with Gasteiger partial charge in [0, 0.05) is 24.0 Å². The molecule has 0 aromatic heterocycles. The summed E-state index contributed by atoms with van der Waals surface area (Å²) in [5, 5.41) is 3.25. The van der Waals surface area contributed by atoms with Gasteiger partial charge in [0.1, 0.15) is 18.4 Å². The van der Waals surface area contributed by atoms with E-state index in [0.717, 1.165) is 9.87 Å². The quantitative estimate of drug-likeness (QED) is 0.168. The zero-order valence-corrected chi connectivity index (χ0v) is 27.2. The standard InChI is InChI=1S/C34H34Cl2FN3O4S/c1-3-24(2)38-34(42)32(20-25-10-6-4-7-11-25)39(22-26-14-17-28(37)18-15-26)33(41)23-40(31-21-27(35)16-19-30(31)36)45(43,44)29-12-8-5-9-13-29/h4-19,21,24,32H,3,20,22-23H2,1-2H3,(H,38,42)/t24-,32+/m0/s1. The van der Waals surface area contributed by atoms with Crippen LogP contribution in [0.3, 0.4) is 0 Å². The normalized spacial score (nSPS) is 12.6. The third-order valence-corrected chi connectivity index (χ3v) is 9.65. The fraction of sp³-hybridized carbons (Fsp3) is 0.235. The highest BCUT2D eigenvalue weighted by Crippen LogP contribution is 2.33. The lowest BCUT2D eigenvalue weighted by Gasteiger charge is -2.34. The van der Waals surface area contributed by atoms with Gasteiger partial charge in [-0.05, 0) is 66.9 Å². The predicted molar refractivity (Wildman–Crippen MR) is 176 cm³/mol. The van der Waals surface area contributed by atoms with Crippen molar-refractivity contribution in [2.45, 2.75) is 50.2 Å². The molecule has 0 saturated carbocycles. The van der Waals surface area contributed by atoms with Gasteiger partial charge in [0.2, 0.25) is 11.8 Å². The van der Waals surface area contributed by atoms with Crippen LogP contribution in [0.15, 0.2) is 108 Å². The van der Waals surface area contributed by atoms with Gasteiger partial charge in [-0.2, -0.15) is 0 Å². The summed E-state index contributed by atoms with van der Waals surface area (Å²) >= 11 is 12.8. The molecule has 2 amide bonds. The van der Waals surface area contributed by atoms with Crippen molar-refractivity contribution >= 4 is 50.7 Å². The van der Waals surface area contributed by atoms with Crippen molar-refractivity contribution in [1.29, 1.82) is 0 Å². The van der Waals surface area contributed by atoms with Crippen molar-refractivity contribution in [1.82, 2.24) is 10.2 Å². The highest BCUT2D eigenvalue weighted by atomic mass is 35.5. The summed E-state index contributed by atoms with van der Waals surface area (Å²) in [6, 6.07) is 25.6. The number of benzene rings is 4. The average Bonchev–Trinajstić information content (AvgIpc) is 3.04. The highest BCUT2D eigenvalue weighted by Gasteiger charge is 2.35. The number of anilines is 1. The molecule has 0 heterocycles. The Morgan fingerprint density at radius 1 is 0.867 bits per heavy atom. The molecule has 1 N–H and O–H groups in total. The van der Waals surface area contributed by atoms with Gasteiger partial charge in [0.25, 0.3) is 10.0 Å². The van der Waals surface area contributed by atoms with E-state index in [4.69, 9.17) is 23.2 Å². The Hall–Kier alpha value is -3.92. The summed E-state index contributed by atoms with van der Waals surface area (Å²) in [5.74, 6) is -1.53. The van der Waals surface area contributed by atoms with Crippen LogP contribution in [0.2, 0.25) is 10.0 Å². The Kier molecular flexibility index (Phi) is 11.6. The lowest BCUT2D eigenvalue weighted by atomic mass is 10.0. The van der Waals surface area contributed by atoms with Crippen LogP contribution in [0.5, 0.6) is 0 Å². The zero-order chi connectivity index (χ0) is 32.6. The maximum Gasteiger partial charge on any atom is 0.264 e. The Morgan fingerprint density at radius 3 is 2.11 bits per heavy atom. The predicted octanol–water partition coefficient (Wildman–Crippen LogP) is 6.88. The number of carbonyl (C=O) groups is 2. The SMILES string of the molecule is CC[C@H](C)NC(=O)[C@@H](Cc1ccccc1)N(Cc1ccc(F)cc1)C(=O)CN(c1cc(Cl)ccc1Cl)S(=O)(=O)c1ccccc1. The Morgan fingerprint density at radius 2 is 1.49 bits per heavy atom. The topological polar surface area (TPSA) is 86.8 Å². The second kappa shape index (κ2) is 15.4. The molecule has 2 atom stereocenters. The summed E-state index contributed by atoms with van der Waals surface area (Å²) in [5.41, 5.74) is 1.36. The van der Waals surface area contributed by atoms with Gasteiger partial charge in [-0.25, -0.2) is 12.8 Å². The Balaban J connectivity index is 1.83. The van der Waals surface area contributed by atoms with Crippen molar-refractivity contribution in [3.8, 4) is 0 Å². The number of nitrogens with zero attached hydrogens (tertiary/aromatic N) is 2. The molecule has 45 heavy (non-hydrogen) atoms. The number of nitrogens with one attached hydrogen (secondary N) is 1. The van der Waals surface area contributed by atoms with Crippen LogP contribution < -0.4 is 9.62 Å². The van der Waals surface area contributed by atoms with Gasteiger partial charge in [-0.1, -0.05) is 90.8 Å². The summed E-state index contributed by atoms with van der Waals surface area (Å²) in [7, 11) is -4.34. The van der Waals surface area contributed by atoms with Crippen molar-refractivity contribution in [2.75, 3.05) is 10.8 Å². The van der Waals surface area contributed by atoms with E-state index in [1.165, 1.54) is 59.5 Å². The Labute approximate surface area is 273 Å². The summed E-state index contributed by atoms with van der Waals surface area (Å²) in [4.78, 5) is 29.6. The lowest BCUT2D eigenvalue weighted by Crippen LogP contribution is -2.54. The minimum absolute atomic E-state index is 0.00627. The maximum absolute atomic E-state index is 14.5. The molecule has 236 valence electrons. The third kappa shape index (κ3) is 8.84. The van der Waals surface area contributed by atoms with Gasteiger partial charge in [-0.15, -0.1) is 0 Å².